The summed E-state index contributed by atoms with van der Waals surface area (Å²) in [5.74, 6) is 0.426. The van der Waals surface area contributed by atoms with E-state index in [0.717, 1.165) is 18.5 Å². The highest BCUT2D eigenvalue weighted by Crippen LogP contribution is 2.21. The minimum absolute atomic E-state index is 0.223. The molecule has 2 aromatic heterocycles. The molecular weight excluding hydrogens is 322 g/mol. The summed E-state index contributed by atoms with van der Waals surface area (Å²) in [5, 5.41) is 1.97. The van der Waals surface area contributed by atoms with Crippen LogP contribution in [0.5, 0.6) is 5.88 Å². The van der Waals surface area contributed by atoms with E-state index in [0.29, 0.717) is 32.0 Å². The highest BCUT2D eigenvalue weighted by atomic mass is 32.2. The van der Waals surface area contributed by atoms with E-state index in [9.17, 15) is 8.42 Å². The van der Waals surface area contributed by atoms with Gasteiger partial charge in [0.2, 0.25) is 15.9 Å². The van der Waals surface area contributed by atoms with Crippen LogP contribution in [-0.2, 0) is 16.4 Å². The third kappa shape index (κ3) is 3.45. The van der Waals surface area contributed by atoms with Gasteiger partial charge in [-0.25, -0.2) is 18.4 Å². The van der Waals surface area contributed by atoms with Crippen molar-refractivity contribution in [2.24, 2.45) is 0 Å². The number of sulfonamides is 1. The van der Waals surface area contributed by atoms with Gasteiger partial charge in [0.1, 0.15) is 4.90 Å². The van der Waals surface area contributed by atoms with Crippen LogP contribution in [0, 0.1) is 0 Å². The second-order valence-corrected chi connectivity index (χ2v) is 7.68. The lowest BCUT2D eigenvalue weighted by Crippen LogP contribution is -2.27. The first-order valence-corrected chi connectivity index (χ1v) is 9.50. The van der Waals surface area contributed by atoms with Crippen molar-refractivity contribution in [1.29, 1.82) is 0 Å². The maximum atomic E-state index is 12.4. The van der Waals surface area contributed by atoms with Crippen LogP contribution in [0.15, 0.2) is 34.1 Å². The number of hydrogen-bond donors (Lipinski definition) is 0. The van der Waals surface area contributed by atoms with E-state index < -0.39 is 10.0 Å². The Kier molecular flexibility index (Phi) is 4.70. The van der Waals surface area contributed by atoms with Gasteiger partial charge in [-0.05, 0) is 18.9 Å². The molecule has 2 aromatic rings. The molecule has 1 saturated heterocycles. The zero-order valence-corrected chi connectivity index (χ0v) is 13.6. The first-order chi connectivity index (χ1) is 10.7. The lowest BCUT2D eigenvalue weighted by atomic mass is 10.4. The Morgan fingerprint density at radius 2 is 2.05 bits per heavy atom. The summed E-state index contributed by atoms with van der Waals surface area (Å²) in [5.41, 5.74) is 2.77. The quantitative estimate of drug-likeness (QED) is 0.804. The Morgan fingerprint density at radius 1 is 1.23 bits per heavy atom. The van der Waals surface area contributed by atoms with Gasteiger partial charge in [-0.15, -0.1) is 11.3 Å². The smallest absolute Gasteiger partial charge is 0.244 e. The summed E-state index contributed by atoms with van der Waals surface area (Å²) < 4.78 is 31.7. The molecule has 0 N–H and O–H groups in total. The van der Waals surface area contributed by atoms with Crippen molar-refractivity contribution in [2.45, 2.75) is 24.2 Å². The van der Waals surface area contributed by atoms with Crippen LogP contribution in [0.4, 0.5) is 0 Å². The molecule has 1 fully saturated rings. The third-order valence-electron chi connectivity index (χ3n) is 3.50. The van der Waals surface area contributed by atoms with Crippen LogP contribution in [-0.4, -0.2) is 42.4 Å². The average Bonchev–Trinajstić information content (AvgIpc) is 3.21. The van der Waals surface area contributed by atoms with Crippen LogP contribution < -0.4 is 4.74 Å². The molecule has 8 heteroatoms. The Balaban J connectivity index is 1.60. The zero-order chi connectivity index (χ0) is 15.4. The minimum atomic E-state index is -3.40. The van der Waals surface area contributed by atoms with Crippen molar-refractivity contribution in [3.63, 3.8) is 0 Å². The molecule has 0 aliphatic carbocycles. The Morgan fingerprint density at radius 3 is 2.68 bits per heavy atom. The monoisotopic (exact) mass is 339 g/mol. The number of hydrogen-bond acceptors (Lipinski definition) is 6. The normalized spacial score (nSPS) is 16.0. The molecule has 22 heavy (non-hydrogen) atoms. The summed E-state index contributed by atoms with van der Waals surface area (Å²) in [7, 11) is -3.40. The van der Waals surface area contributed by atoms with E-state index in [1.165, 1.54) is 10.5 Å². The van der Waals surface area contributed by atoms with Gasteiger partial charge < -0.3 is 4.74 Å². The van der Waals surface area contributed by atoms with Crippen LogP contribution in [0.2, 0.25) is 0 Å². The highest BCUT2D eigenvalue weighted by Gasteiger charge is 2.27. The molecular formula is C14H17N3O3S2. The number of thiazole rings is 1. The van der Waals surface area contributed by atoms with E-state index in [1.54, 1.807) is 29.0 Å². The van der Waals surface area contributed by atoms with E-state index in [-0.39, 0.29) is 4.90 Å². The first kappa shape index (κ1) is 15.4. The summed E-state index contributed by atoms with van der Waals surface area (Å²) >= 11 is 1.55. The van der Waals surface area contributed by atoms with E-state index in [2.05, 4.69) is 9.97 Å². The van der Waals surface area contributed by atoms with Crippen molar-refractivity contribution >= 4 is 21.4 Å². The van der Waals surface area contributed by atoms with Crippen LogP contribution in [0.25, 0.3) is 0 Å². The van der Waals surface area contributed by atoms with Crippen molar-refractivity contribution in [3.8, 4) is 5.88 Å². The average molecular weight is 339 g/mol. The van der Waals surface area contributed by atoms with Crippen molar-refractivity contribution in [2.75, 3.05) is 19.7 Å². The van der Waals surface area contributed by atoms with E-state index in [4.69, 9.17) is 4.74 Å². The van der Waals surface area contributed by atoms with Gasteiger partial charge in [-0.2, -0.15) is 4.31 Å². The summed E-state index contributed by atoms with van der Waals surface area (Å²) in [6.07, 6.45) is 3.92. The predicted octanol–water partition coefficient (Wildman–Crippen LogP) is 1.94. The lowest BCUT2D eigenvalue weighted by Gasteiger charge is -2.15. The zero-order valence-electron chi connectivity index (χ0n) is 12.0. The van der Waals surface area contributed by atoms with Gasteiger partial charge in [-0.1, -0.05) is 0 Å². The van der Waals surface area contributed by atoms with Crippen LogP contribution in [0.1, 0.15) is 18.5 Å². The molecule has 0 amide bonds. The SMILES string of the molecule is O=S(=O)(c1ccc(OCCc2cscn2)nc1)N1CCCC1. The number of rotatable bonds is 6. The number of aromatic nitrogens is 2. The second-order valence-electron chi connectivity index (χ2n) is 5.02. The van der Waals surface area contributed by atoms with Gasteiger partial charge in [-0.3, -0.25) is 0 Å². The van der Waals surface area contributed by atoms with Gasteiger partial charge in [0.05, 0.1) is 24.0 Å². The molecule has 3 heterocycles. The lowest BCUT2D eigenvalue weighted by molar-refractivity contribution is 0.308. The fourth-order valence-corrected chi connectivity index (χ4v) is 4.36. The molecule has 0 bridgehead atoms. The van der Waals surface area contributed by atoms with Gasteiger partial charge in [0.25, 0.3) is 0 Å². The Labute approximate surface area is 133 Å². The molecule has 118 valence electrons. The Bertz CT molecular complexity index is 693. The predicted molar refractivity (Wildman–Crippen MR) is 83.5 cm³/mol. The van der Waals surface area contributed by atoms with E-state index in [1.807, 2.05) is 5.38 Å². The highest BCUT2D eigenvalue weighted by molar-refractivity contribution is 7.89. The van der Waals surface area contributed by atoms with Crippen LogP contribution in [0.3, 0.4) is 0 Å². The second kappa shape index (κ2) is 6.72. The molecule has 1 aliphatic heterocycles. The molecule has 0 atom stereocenters. The summed E-state index contributed by atoms with van der Waals surface area (Å²) in [6.45, 7) is 1.65. The largest absolute Gasteiger partial charge is 0.477 e. The molecule has 0 unspecified atom stereocenters. The van der Waals surface area contributed by atoms with Gasteiger partial charge in [0, 0.05) is 31.0 Å². The van der Waals surface area contributed by atoms with Crippen LogP contribution >= 0.6 is 11.3 Å². The summed E-state index contributed by atoms with van der Waals surface area (Å²) in [4.78, 5) is 8.48. The van der Waals surface area contributed by atoms with Gasteiger partial charge >= 0.3 is 0 Å². The molecule has 1 aliphatic rings. The topological polar surface area (TPSA) is 72.4 Å². The molecule has 0 saturated carbocycles. The molecule has 0 radical (unpaired) electrons. The van der Waals surface area contributed by atoms with Crippen molar-refractivity contribution in [1.82, 2.24) is 14.3 Å². The fourth-order valence-electron chi connectivity index (χ4n) is 2.30. The molecule has 6 nitrogen and oxygen atoms in total. The number of pyridine rings is 1. The summed E-state index contributed by atoms with van der Waals surface area (Å²) in [6, 6.07) is 3.16. The molecule has 0 aromatic carbocycles. The maximum absolute atomic E-state index is 12.4. The Hall–Kier alpha value is -1.51. The maximum Gasteiger partial charge on any atom is 0.244 e. The third-order valence-corrected chi connectivity index (χ3v) is 6.02. The molecule has 0 spiro atoms. The number of ether oxygens (including phenoxy) is 1. The standard InChI is InChI=1S/C14H17N3O3S2/c18-22(19,17-6-1-2-7-17)13-3-4-14(15-9-13)20-8-5-12-10-21-11-16-12/h3-4,9-11H,1-2,5-8H2. The number of nitrogens with zero attached hydrogens (tertiary/aromatic N) is 3. The minimum Gasteiger partial charge on any atom is -0.477 e. The fraction of sp³-hybridized carbons (Fsp3) is 0.429. The van der Waals surface area contributed by atoms with Gasteiger partial charge in [0.15, 0.2) is 0 Å². The van der Waals surface area contributed by atoms with Crippen molar-refractivity contribution < 1.29 is 13.2 Å². The van der Waals surface area contributed by atoms with E-state index >= 15 is 0 Å². The first-order valence-electron chi connectivity index (χ1n) is 7.12. The van der Waals surface area contributed by atoms with Crippen molar-refractivity contribution in [3.05, 3.63) is 34.9 Å². The molecule has 3 rings (SSSR count).